The Morgan fingerprint density at radius 3 is 1.46 bits per heavy atom. The predicted octanol–water partition coefficient (Wildman–Crippen LogP) is -3.50. The summed E-state index contributed by atoms with van der Waals surface area (Å²) in [5.41, 5.74) is 0. The third kappa shape index (κ3) is 1890. The third-order valence-corrected chi connectivity index (χ3v) is 0.107. The maximum atomic E-state index is 8.64. The van der Waals surface area contributed by atoms with Crippen LogP contribution in [0.5, 0.6) is 0 Å². The van der Waals surface area contributed by atoms with Crippen LogP contribution in [0.1, 0.15) is 7.43 Å². The second-order valence-electron chi connectivity index (χ2n) is 0.510. The molecule has 0 amide bonds. The lowest BCUT2D eigenvalue weighted by Gasteiger charge is -1.94. The van der Waals surface area contributed by atoms with Crippen molar-refractivity contribution < 1.29 is 45.2 Å². The predicted molar refractivity (Wildman–Crippen MR) is 30.6 cm³/mol. The summed E-state index contributed by atoms with van der Waals surface area (Å²) in [5, 5.41) is 19.8. The normalized spacial score (nSPS) is 4.54. The van der Waals surface area contributed by atoms with Crippen LogP contribution < -0.4 is 10.5 Å². The highest BCUT2D eigenvalue weighted by Crippen LogP contribution is 1.44. The minimum atomic E-state index is -0.181. The Labute approximate surface area is 73.5 Å². The molecule has 0 aromatic heterocycles. The minimum Gasteiger partial charge on any atom is -0.692 e. The van der Waals surface area contributed by atoms with E-state index in [0.717, 1.165) is 7.11 Å². The van der Waals surface area contributed by atoms with Gasteiger partial charge in [0.2, 0.25) is 0 Å². The zero-order valence-corrected chi connectivity index (χ0v) is 5.84. The van der Waals surface area contributed by atoms with Gasteiger partial charge in [-0.3, -0.25) is 9.83 Å². The molecule has 0 saturated heterocycles. The van der Waals surface area contributed by atoms with E-state index in [2.05, 4.69) is 14.8 Å². The number of hydrogen-bond acceptors (Lipinski definition) is 8. The number of rotatable bonds is 2. The van der Waals surface area contributed by atoms with Gasteiger partial charge in [0.25, 0.3) is 6.47 Å². The van der Waals surface area contributed by atoms with E-state index in [9.17, 15) is 0 Å². The van der Waals surface area contributed by atoms with Crippen molar-refractivity contribution >= 4 is 12.6 Å². The highest BCUT2D eigenvalue weighted by atomic mass is 17.5. The Balaban J connectivity index is -0.0000000231. The first-order valence-corrected chi connectivity index (χ1v) is 1.79. The summed E-state index contributed by atoms with van der Waals surface area (Å²) in [5.74, 6) is 0. The standard InChI is InChI=1S/CH4O3.CH2O3.CO2.CH4.H2O/c1-3-4-2;2-1-4-3;2-1-3;;/h2H,1H3;1,3H;;1H4;1H2/p-2. The lowest BCUT2D eigenvalue weighted by molar-refractivity contribution is -0.796. The summed E-state index contributed by atoms with van der Waals surface area (Å²) in [6.45, 7) is -0.181. The topological polar surface area (TPSA) is 157 Å². The SMILES string of the molecule is C.COO[O-].O.O=C=O.O=CO[O-]. The van der Waals surface area contributed by atoms with Gasteiger partial charge in [0.05, 0.1) is 7.11 Å². The molecule has 9 heteroatoms. The van der Waals surface area contributed by atoms with Crippen LogP contribution in [0.2, 0.25) is 0 Å². The molecule has 0 aliphatic heterocycles. The van der Waals surface area contributed by atoms with Gasteiger partial charge in [-0.25, -0.2) is 4.89 Å². The van der Waals surface area contributed by atoms with Crippen LogP contribution in [-0.2, 0) is 29.2 Å². The van der Waals surface area contributed by atoms with E-state index < -0.39 is 0 Å². The molecule has 0 unspecified atom stereocenters. The summed E-state index contributed by atoms with van der Waals surface area (Å²) in [4.78, 5) is 31.0. The van der Waals surface area contributed by atoms with Crippen molar-refractivity contribution in [1.82, 2.24) is 0 Å². The van der Waals surface area contributed by atoms with Gasteiger partial charge in [0.15, 0.2) is 0 Å². The molecule has 0 heterocycles. The summed E-state index contributed by atoms with van der Waals surface area (Å²) < 4.78 is 0. The van der Waals surface area contributed by atoms with Gasteiger partial charge in [-0.05, 0) is 0 Å². The second kappa shape index (κ2) is 74.4. The zero-order valence-electron chi connectivity index (χ0n) is 5.84. The van der Waals surface area contributed by atoms with Gasteiger partial charge in [0, 0.05) is 0 Å². The first-order chi connectivity index (χ1) is 5.24. The largest absolute Gasteiger partial charge is 0.692 e. The molecule has 9 nitrogen and oxygen atoms in total. The highest BCUT2D eigenvalue weighted by Gasteiger charge is 1.37. The maximum Gasteiger partial charge on any atom is 0.373 e. The highest BCUT2D eigenvalue weighted by molar-refractivity contribution is 5.35. The first kappa shape index (κ1) is 29.9. The molecular formula is C4H10O9-2. The molecule has 13 heavy (non-hydrogen) atoms. The molecule has 0 aromatic carbocycles. The average molecular weight is 202 g/mol. The molecule has 0 atom stereocenters. The van der Waals surface area contributed by atoms with Crippen molar-refractivity contribution in [1.29, 1.82) is 0 Å². The van der Waals surface area contributed by atoms with Crippen molar-refractivity contribution in [3.8, 4) is 0 Å². The Morgan fingerprint density at radius 2 is 1.46 bits per heavy atom. The zero-order chi connectivity index (χ0) is 9.54. The maximum absolute atomic E-state index is 8.64. The lowest BCUT2D eigenvalue weighted by Crippen LogP contribution is -2.01. The fourth-order valence-corrected chi connectivity index (χ4v) is 0. The van der Waals surface area contributed by atoms with Crippen LogP contribution in [0.15, 0.2) is 0 Å². The molecule has 2 N–H and O–H groups in total. The third-order valence-electron chi connectivity index (χ3n) is 0.107. The Bertz CT molecular complexity index is 83.6. The van der Waals surface area contributed by atoms with Crippen molar-refractivity contribution in [3.05, 3.63) is 0 Å². The van der Waals surface area contributed by atoms with Crippen LogP contribution in [0.3, 0.4) is 0 Å². The molecule has 0 rings (SSSR count). The molecule has 82 valence electrons. The molecule has 0 radical (unpaired) electrons. The Morgan fingerprint density at radius 1 is 1.31 bits per heavy atom. The summed E-state index contributed by atoms with van der Waals surface area (Å²) in [6, 6.07) is 0. The van der Waals surface area contributed by atoms with Crippen LogP contribution in [0, 0.1) is 0 Å². The van der Waals surface area contributed by atoms with Crippen LogP contribution in [0.4, 0.5) is 0 Å². The molecule has 0 aromatic rings. The Kier molecular flexibility index (Phi) is 171. The van der Waals surface area contributed by atoms with Gasteiger partial charge in [-0.2, -0.15) is 9.59 Å². The smallest absolute Gasteiger partial charge is 0.373 e. The monoisotopic (exact) mass is 202 g/mol. The van der Waals surface area contributed by atoms with Crippen LogP contribution >= 0.6 is 0 Å². The molecule has 0 saturated carbocycles. The molecule has 0 spiro atoms. The van der Waals surface area contributed by atoms with Crippen molar-refractivity contribution in [2.45, 2.75) is 7.43 Å². The minimum absolute atomic E-state index is 0. The van der Waals surface area contributed by atoms with Gasteiger partial charge in [0.1, 0.15) is 0 Å². The molecule has 0 aliphatic carbocycles. The molecule has 0 aliphatic rings. The van der Waals surface area contributed by atoms with E-state index in [1.54, 1.807) is 0 Å². The molecule has 0 bridgehead atoms. The lowest BCUT2D eigenvalue weighted by atomic mass is 11.7. The number of carbonyl (C=O) groups is 1. The second-order valence-corrected chi connectivity index (χ2v) is 0.510. The van der Waals surface area contributed by atoms with Crippen LogP contribution in [-0.4, -0.2) is 25.2 Å². The molecule has 0 fully saturated rings. The van der Waals surface area contributed by atoms with E-state index >= 15 is 0 Å². The van der Waals surface area contributed by atoms with Gasteiger partial charge in [-0.1, -0.05) is 7.43 Å². The van der Waals surface area contributed by atoms with E-state index in [4.69, 9.17) is 24.9 Å². The average Bonchev–Trinajstić information content (AvgIpc) is 2.06. The van der Waals surface area contributed by atoms with E-state index in [1.165, 1.54) is 0 Å². The van der Waals surface area contributed by atoms with E-state index in [1.807, 2.05) is 0 Å². The van der Waals surface area contributed by atoms with Gasteiger partial charge >= 0.3 is 6.15 Å². The Hall–Kier alpha value is -1.35. The van der Waals surface area contributed by atoms with Crippen molar-refractivity contribution in [3.63, 3.8) is 0 Å². The summed E-state index contributed by atoms with van der Waals surface area (Å²) in [6.07, 6.45) is 0.250. The quantitative estimate of drug-likeness (QED) is 0.253. The van der Waals surface area contributed by atoms with Crippen molar-refractivity contribution in [2.75, 3.05) is 7.11 Å². The van der Waals surface area contributed by atoms with Crippen LogP contribution in [0.25, 0.3) is 0 Å². The van der Waals surface area contributed by atoms with Gasteiger partial charge in [-0.15, -0.1) is 0 Å². The van der Waals surface area contributed by atoms with Gasteiger partial charge < -0.3 is 20.9 Å². The summed E-state index contributed by atoms with van der Waals surface area (Å²) >= 11 is 0. The van der Waals surface area contributed by atoms with E-state index in [-0.39, 0.29) is 25.5 Å². The fraction of sp³-hybridized carbons (Fsp3) is 0.500. The number of hydrogen-bond donors (Lipinski definition) is 0. The summed E-state index contributed by atoms with van der Waals surface area (Å²) in [7, 11) is 1.15. The molecular weight excluding hydrogens is 192 g/mol. The van der Waals surface area contributed by atoms with Crippen molar-refractivity contribution in [2.24, 2.45) is 0 Å². The fourth-order valence-electron chi connectivity index (χ4n) is 0. The number of carbonyl (C=O) groups excluding carboxylic acids is 3. The van der Waals surface area contributed by atoms with E-state index in [0.29, 0.717) is 0 Å². The first-order valence-electron chi connectivity index (χ1n) is 1.79.